The van der Waals surface area contributed by atoms with Crippen LogP contribution in [0.4, 0.5) is 32.0 Å². The van der Waals surface area contributed by atoms with E-state index in [0.717, 1.165) is 42.4 Å². The quantitative estimate of drug-likeness (QED) is 0.195. The van der Waals surface area contributed by atoms with Gasteiger partial charge in [-0.25, -0.2) is 0 Å². The van der Waals surface area contributed by atoms with Gasteiger partial charge in [0.05, 0.1) is 22.7 Å². The molecule has 4 unspecified atom stereocenters. The summed E-state index contributed by atoms with van der Waals surface area (Å²) >= 11 is 5.47. The lowest BCUT2D eigenvalue weighted by atomic mass is 9.73. The summed E-state index contributed by atoms with van der Waals surface area (Å²) in [6, 6.07) is 10.4. The van der Waals surface area contributed by atoms with E-state index in [9.17, 15) is 26.3 Å². The second-order valence-electron chi connectivity index (χ2n) is 10.0. The first kappa shape index (κ1) is 27.4. The third kappa shape index (κ3) is 5.74. The van der Waals surface area contributed by atoms with Gasteiger partial charge in [-0.3, -0.25) is 9.88 Å². The number of hydrogen-bond donors (Lipinski definition) is 2. The van der Waals surface area contributed by atoms with Gasteiger partial charge in [-0.05, 0) is 79.3 Å². The molecule has 0 radical (unpaired) electrons. The third-order valence-electron chi connectivity index (χ3n) is 7.69. The van der Waals surface area contributed by atoms with Crippen LogP contribution < -0.4 is 10.6 Å². The summed E-state index contributed by atoms with van der Waals surface area (Å²) < 4.78 is 80.3. The Balaban J connectivity index is 1.48. The zero-order valence-electron chi connectivity index (χ0n) is 20.7. The van der Waals surface area contributed by atoms with E-state index in [1.807, 2.05) is 36.4 Å². The Kier molecular flexibility index (Phi) is 7.32. The second kappa shape index (κ2) is 10.4. The van der Waals surface area contributed by atoms with E-state index in [2.05, 4.69) is 27.1 Å². The Morgan fingerprint density at radius 3 is 2.36 bits per heavy atom. The molecule has 1 aromatic heterocycles. The molecule has 206 valence electrons. The average molecular weight is 565 g/mol. The first-order valence-electron chi connectivity index (χ1n) is 12.5. The number of aromatic nitrogens is 1. The van der Waals surface area contributed by atoms with Crippen LogP contribution >= 0.6 is 12.2 Å². The maximum absolute atomic E-state index is 13.4. The van der Waals surface area contributed by atoms with Crippen molar-refractivity contribution in [3.05, 3.63) is 84.1 Å². The van der Waals surface area contributed by atoms with Gasteiger partial charge >= 0.3 is 12.4 Å². The Labute approximate surface area is 227 Å². The molecule has 39 heavy (non-hydrogen) atoms. The number of pyridine rings is 1. The van der Waals surface area contributed by atoms with E-state index >= 15 is 0 Å². The molecule has 4 heterocycles. The molecular formula is C28H26F6N4S. The standard InChI is InChI=1S/C28H26F6N4S/c1-2-16-15-38-10-8-17(16)11-24(38)25(22-7-9-35-23-6-4-3-5-21(22)23)37-26(39)36-20-13-18(27(29,30)31)12-19(14-20)28(32,33)34/h2-7,9,12-14,16-17,24-25H,1,8,10-11,15H2,(H2,36,37,39)/t16?,17?,24-,25?/m0/s1. The third-order valence-corrected chi connectivity index (χ3v) is 7.91. The first-order valence-corrected chi connectivity index (χ1v) is 12.9. The second-order valence-corrected chi connectivity index (χ2v) is 10.4. The molecule has 3 aliphatic heterocycles. The molecule has 5 atom stereocenters. The maximum atomic E-state index is 13.4. The number of nitrogens with zero attached hydrogens (tertiary/aromatic N) is 2. The van der Waals surface area contributed by atoms with Crippen molar-refractivity contribution in [2.75, 3.05) is 18.4 Å². The number of anilines is 1. The Morgan fingerprint density at radius 2 is 1.74 bits per heavy atom. The SMILES string of the molecule is C=CC1CN2CCC1C[C@H]2C(NC(=S)Nc1cc(C(F)(F)F)cc(C(F)(F)F)c1)c1ccnc2ccccc12. The molecule has 2 bridgehead atoms. The lowest BCUT2D eigenvalue weighted by molar-refractivity contribution is -0.143. The summed E-state index contributed by atoms with van der Waals surface area (Å²) in [5.74, 6) is 0.787. The van der Waals surface area contributed by atoms with Crippen LogP contribution in [-0.2, 0) is 12.4 Å². The molecule has 0 amide bonds. The van der Waals surface area contributed by atoms with Crippen molar-refractivity contribution >= 4 is 33.9 Å². The van der Waals surface area contributed by atoms with Crippen LogP contribution in [0.2, 0.25) is 0 Å². The number of piperidine rings is 3. The fourth-order valence-corrected chi connectivity index (χ4v) is 6.07. The van der Waals surface area contributed by atoms with Gasteiger partial charge in [-0.2, -0.15) is 26.3 Å². The van der Waals surface area contributed by atoms with Gasteiger partial charge < -0.3 is 10.6 Å². The van der Waals surface area contributed by atoms with Crippen molar-refractivity contribution < 1.29 is 26.3 Å². The molecule has 3 fully saturated rings. The van der Waals surface area contributed by atoms with Crippen LogP contribution in [0.5, 0.6) is 0 Å². The summed E-state index contributed by atoms with van der Waals surface area (Å²) in [4.78, 5) is 6.79. The largest absolute Gasteiger partial charge is 0.416 e. The smallest absolute Gasteiger partial charge is 0.354 e. The van der Waals surface area contributed by atoms with Crippen molar-refractivity contribution in [2.24, 2.45) is 11.8 Å². The van der Waals surface area contributed by atoms with Crippen molar-refractivity contribution in [1.29, 1.82) is 0 Å². The molecule has 3 saturated heterocycles. The molecule has 2 N–H and O–H groups in total. The molecule has 0 saturated carbocycles. The molecule has 3 aliphatic rings. The minimum Gasteiger partial charge on any atom is -0.354 e. The normalized spacial score (nSPS) is 23.8. The van der Waals surface area contributed by atoms with E-state index < -0.39 is 29.2 Å². The predicted molar refractivity (Wildman–Crippen MR) is 142 cm³/mol. The molecule has 4 nitrogen and oxygen atoms in total. The monoisotopic (exact) mass is 564 g/mol. The number of halogens is 6. The molecular weight excluding hydrogens is 538 g/mol. The Hall–Kier alpha value is -3.18. The number of nitrogens with one attached hydrogen (secondary N) is 2. The van der Waals surface area contributed by atoms with Crippen molar-refractivity contribution in [3.8, 4) is 0 Å². The Bertz CT molecular complexity index is 1350. The fourth-order valence-electron chi connectivity index (χ4n) is 5.83. The van der Waals surface area contributed by atoms with Gasteiger partial charge in [-0.15, -0.1) is 6.58 Å². The zero-order chi connectivity index (χ0) is 27.9. The zero-order valence-corrected chi connectivity index (χ0v) is 21.5. The van der Waals surface area contributed by atoms with Gasteiger partial charge in [0.1, 0.15) is 0 Å². The topological polar surface area (TPSA) is 40.2 Å². The van der Waals surface area contributed by atoms with Gasteiger partial charge in [0.15, 0.2) is 5.11 Å². The minimum absolute atomic E-state index is 0.00208. The van der Waals surface area contributed by atoms with Crippen LogP contribution in [0.3, 0.4) is 0 Å². The minimum atomic E-state index is -4.96. The van der Waals surface area contributed by atoms with Crippen LogP contribution in [0.25, 0.3) is 10.9 Å². The molecule has 2 aromatic carbocycles. The maximum Gasteiger partial charge on any atom is 0.416 e. The number of para-hydroxylation sites is 1. The summed E-state index contributed by atoms with van der Waals surface area (Å²) in [7, 11) is 0. The molecule has 6 rings (SSSR count). The highest BCUT2D eigenvalue weighted by Crippen LogP contribution is 2.42. The lowest BCUT2D eigenvalue weighted by Gasteiger charge is -2.52. The average Bonchev–Trinajstić information content (AvgIpc) is 2.90. The number of rotatable bonds is 5. The molecule has 0 spiro atoms. The highest BCUT2D eigenvalue weighted by Gasteiger charge is 2.43. The Morgan fingerprint density at radius 1 is 1.05 bits per heavy atom. The summed E-state index contributed by atoms with van der Waals surface area (Å²) in [5, 5.41) is 6.65. The van der Waals surface area contributed by atoms with Crippen molar-refractivity contribution in [3.63, 3.8) is 0 Å². The fraction of sp³-hybridized carbons (Fsp3) is 0.357. The van der Waals surface area contributed by atoms with E-state index in [0.29, 0.717) is 24.0 Å². The van der Waals surface area contributed by atoms with E-state index in [1.54, 1.807) is 6.20 Å². The van der Waals surface area contributed by atoms with E-state index in [-0.39, 0.29) is 23.3 Å². The highest BCUT2D eigenvalue weighted by atomic mass is 32.1. The van der Waals surface area contributed by atoms with Crippen LogP contribution in [0.15, 0.2) is 67.4 Å². The van der Waals surface area contributed by atoms with Crippen molar-refractivity contribution in [1.82, 2.24) is 15.2 Å². The summed E-state index contributed by atoms with van der Waals surface area (Å²) in [6.07, 6.45) is -4.37. The molecule has 11 heteroatoms. The highest BCUT2D eigenvalue weighted by molar-refractivity contribution is 7.80. The lowest BCUT2D eigenvalue weighted by Crippen LogP contribution is -2.57. The number of thiocarbonyl (C=S) groups is 1. The number of hydrogen-bond acceptors (Lipinski definition) is 3. The number of alkyl halides is 6. The number of fused-ring (bicyclic) bond motifs is 4. The van der Waals surface area contributed by atoms with Gasteiger partial charge in [0.25, 0.3) is 0 Å². The van der Waals surface area contributed by atoms with Gasteiger partial charge in [0, 0.05) is 29.9 Å². The van der Waals surface area contributed by atoms with E-state index in [4.69, 9.17) is 12.2 Å². The molecule has 0 aliphatic carbocycles. The van der Waals surface area contributed by atoms with Crippen LogP contribution in [-0.4, -0.2) is 34.1 Å². The van der Waals surface area contributed by atoms with Gasteiger partial charge in [-0.1, -0.05) is 24.3 Å². The van der Waals surface area contributed by atoms with E-state index in [1.165, 1.54) is 0 Å². The van der Waals surface area contributed by atoms with Crippen LogP contribution in [0, 0.1) is 11.8 Å². The summed E-state index contributed by atoms with van der Waals surface area (Å²) in [6.45, 7) is 5.68. The molecule has 3 aromatic rings. The number of benzene rings is 2. The van der Waals surface area contributed by atoms with Gasteiger partial charge in [0.2, 0.25) is 0 Å². The summed E-state index contributed by atoms with van der Waals surface area (Å²) in [5.41, 5.74) is -1.55. The first-order chi connectivity index (χ1) is 18.4. The van der Waals surface area contributed by atoms with Crippen LogP contribution in [0.1, 0.15) is 35.6 Å². The van der Waals surface area contributed by atoms with Crippen molar-refractivity contribution in [2.45, 2.75) is 37.3 Å². The predicted octanol–water partition coefficient (Wildman–Crippen LogP) is 7.20.